The Labute approximate surface area is 101 Å². The predicted molar refractivity (Wildman–Crippen MR) is 65.3 cm³/mol. The molecule has 82 valence electrons. The fraction of sp³-hybridized carbons (Fsp3) is 0.0833. The monoisotopic (exact) mass is 279 g/mol. The normalized spacial score (nSPS) is 10.3. The zero-order chi connectivity index (χ0) is 11.5. The van der Waals surface area contributed by atoms with Crippen LogP contribution in [0.15, 0.2) is 45.7 Å². The minimum Gasteiger partial charge on any atom is -0.472 e. The summed E-state index contributed by atoms with van der Waals surface area (Å²) in [6.45, 7) is 0. The van der Waals surface area contributed by atoms with Gasteiger partial charge in [0.05, 0.1) is 12.5 Å². The molecule has 0 unspecified atom stereocenters. The molecule has 0 radical (unpaired) electrons. The molecule has 0 atom stereocenters. The van der Waals surface area contributed by atoms with Gasteiger partial charge < -0.3 is 10.2 Å². The minimum absolute atomic E-state index is 0.0226. The van der Waals surface area contributed by atoms with Crippen LogP contribution in [0, 0.1) is 0 Å². The number of benzene rings is 1. The molecule has 1 aromatic carbocycles. The lowest BCUT2D eigenvalue weighted by Crippen LogP contribution is -2.03. The van der Waals surface area contributed by atoms with Crippen LogP contribution in [0.2, 0.25) is 0 Å². The van der Waals surface area contributed by atoms with Crippen LogP contribution in [-0.2, 0) is 6.42 Å². The molecule has 2 aromatic rings. The smallest absolute Gasteiger partial charge is 0.167 e. The molecule has 0 bridgehead atoms. The van der Waals surface area contributed by atoms with E-state index in [1.807, 2.05) is 0 Å². The Morgan fingerprint density at radius 1 is 1.38 bits per heavy atom. The van der Waals surface area contributed by atoms with Crippen molar-refractivity contribution in [3.63, 3.8) is 0 Å². The van der Waals surface area contributed by atoms with Crippen LogP contribution in [-0.4, -0.2) is 5.78 Å². The molecule has 4 heteroatoms. The Hall–Kier alpha value is -1.55. The maximum absolute atomic E-state index is 11.9. The molecule has 0 saturated carbocycles. The zero-order valence-electron chi connectivity index (χ0n) is 8.44. The average molecular weight is 280 g/mol. The van der Waals surface area contributed by atoms with Crippen molar-refractivity contribution in [2.24, 2.45) is 0 Å². The fourth-order valence-electron chi connectivity index (χ4n) is 1.45. The molecule has 0 amide bonds. The van der Waals surface area contributed by atoms with Crippen LogP contribution in [0.4, 0.5) is 5.69 Å². The highest BCUT2D eigenvalue weighted by Crippen LogP contribution is 2.18. The molecule has 0 aliphatic carbocycles. The van der Waals surface area contributed by atoms with Crippen molar-refractivity contribution in [1.29, 1.82) is 0 Å². The van der Waals surface area contributed by atoms with Crippen LogP contribution in [0.3, 0.4) is 0 Å². The number of halogens is 1. The van der Waals surface area contributed by atoms with E-state index in [0.717, 1.165) is 10.0 Å². The first kappa shape index (κ1) is 11.0. The molecule has 1 heterocycles. The number of carbonyl (C=O) groups excluding carboxylic acids is 1. The molecule has 0 spiro atoms. The van der Waals surface area contributed by atoms with Gasteiger partial charge in [0.25, 0.3) is 0 Å². The standard InChI is InChI=1S/C12H10BrNO2/c13-10-4-9(5-11(14)6-10)12(15)3-8-1-2-16-7-8/h1-2,4-7H,3,14H2. The third-order valence-corrected chi connectivity index (χ3v) is 2.64. The number of ketones is 1. The van der Waals surface area contributed by atoms with Crippen molar-refractivity contribution < 1.29 is 9.21 Å². The lowest BCUT2D eigenvalue weighted by atomic mass is 10.0. The van der Waals surface area contributed by atoms with E-state index in [1.165, 1.54) is 0 Å². The summed E-state index contributed by atoms with van der Waals surface area (Å²) in [5.41, 5.74) is 7.71. The number of nitrogen functional groups attached to an aromatic ring is 1. The third-order valence-electron chi connectivity index (χ3n) is 2.19. The number of nitrogens with two attached hydrogens (primary N) is 1. The van der Waals surface area contributed by atoms with E-state index in [-0.39, 0.29) is 5.78 Å². The highest BCUT2D eigenvalue weighted by Gasteiger charge is 2.09. The first-order chi connectivity index (χ1) is 7.65. The van der Waals surface area contributed by atoms with Gasteiger partial charge in [0.15, 0.2) is 5.78 Å². The van der Waals surface area contributed by atoms with E-state index >= 15 is 0 Å². The summed E-state index contributed by atoms with van der Waals surface area (Å²) < 4.78 is 5.72. The predicted octanol–water partition coefficient (Wildman–Crippen LogP) is 3.05. The van der Waals surface area contributed by atoms with Gasteiger partial charge in [-0.15, -0.1) is 0 Å². The van der Waals surface area contributed by atoms with Crippen molar-refractivity contribution in [3.8, 4) is 0 Å². The van der Waals surface area contributed by atoms with Crippen molar-refractivity contribution >= 4 is 27.4 Å². The van der Waals surface area contributed by atoms with E-state index in [1.54, 1.807) is 36.8 Å². The van der Waals surface area contributed by atoms with Gasteiger partial charge >= 0.3 is 0 Å². The Morgan fingerprint density at radius 3 is 2.81 bits per heavy atom. The second-order valence-corrected chi connectivity index (χ2v) is 4.42. The molecule has 2 rings (SSSR count). The first-order valence-corrected chi connectivity index (χ1v) is 5.55. The van der Waals surface area contributed by atoms with Gasteiger partial charge in [-0.3, -0.25) is 4.79 Å². The summed E-state index contributed by atoms with van der Waals surface area (Å²) in [5, 5.41) is 0. The van der Waals surface area contributed by atoms with Crippen molar-refractivity contribution in [3.05, 3.63) is 52.4 Å². The molecule has 0 aliphatic rings. The molecule has 1 aromatic heterocycles. The van der Waals surface area contributed by atoms with E-state index < -0.39 is 0 Å². The van der Waals surface area contributed by atoms with E-state index in [4.69, 9.17) is 10.2 Å². The quantitative estimate of drug-likeness (QED) is 0.694. The lowest BCUT2D eigenvalue weighted by Gasteiger charge is -2.02. The number of anilines is 1. The Kier molecular flexibility index (Phi) is 3.10. The summed E-state index contributed by atoms with van der Waals surface area (Å²) in [4.78, 5) is 11.9. The van der Waals surface area contributed by atoms with Crippen molar-refractivity contribution in [2.75, 3.05) is 5.73 Å². The van der Waals surface area contributed by atoms with Gasteiger partial charge in [-0.25, -0.2) is 0 Å². The van der Waals surface area contributed by atoms with Gasteiger partial charge in [-0.1, -0.05) is 15.9 Å². The number of rotatable bonds is 3. The van der Waals surface area contributed by atoms with E-state index in [0.29, 0.717) is 17.7 Å². The van der Waals surface area contributed by atoms with Gasteiger partial charge in [-0.2, -0.15) is 0 Å². The first-order valence-electron chi connectivity index (χ1n) is 4.75. The van der Waals surface area contributed by atoms with Gasteiger partial charge in [0, 0.05) is 22.1 Å². The molecule has 3 nitrogen and oxygen atoms in total. The van der Waals surface area contributed by atoms with E-state index in [9.17, 15) is 4.79 Å². The average Bonchev–Trinajstić information content (AvgIpc) is 2.68. The fourth-order valence-corrected chi connectivity index (χ4v) is 1.96. The maximum atomic E-state index is 11.9. The van der Waals surface area contributed by atoms with Crippen molar-refractivity contribution in [2.45, 2.75) is 6.42 Å². The number of Topliss-reactive ketones (excluding diaryl/α,β-unsaturated/α-hetero) is 1. The number of hydrogen-bond donors (Lipinski definition) is 1. The van der Waals surface area contributed by atoms with E-state index in [2.05, 4.69) is 15.9 Å². The molecule has 0 aliphatic heterocycles. The number of hydrogen-bond acceptors (Lipinski definition) is 3. The minimum atomic E-state index is 0.0226. The Bertz CT molecular complexity index is 485. The highest BCUT2D eigenvalue weighted by atomic mass is 79.9. The van der Waals surface area contributed by atoms with Crippen LogP contribution in [0.5, 0.6) is 0 Å². The van der Waals surface area contributed by atoms with Crippen molar-refractivity contribution in [1.82, 2.24) is 0 Å². The number of carbonyl (C=O) groups is 1. The number of furan rings is 1. The second kappa shape index (κ2) is 4.53. The van der Waals surface area contributed by atoms with Crippen LogP contribution in [0.25, 0.3) is 0 Å². The van der Waals surface area contributed by atoms with Crippen LogP contribution >= 0.6 is 15.9 Å². The second-order valence-electron chi connectivity index (χ2n) is 3.50. The summed E-state index contributed by atoms with van der Waals surface area (Å²) in [7, 11) is 0. The molecular formula is C12H10BrNO2. The zero-order valence-corrected chi connectivity index (χ0v) is 10.0. The Morgan fingerprint density at radius 2 is 2.19 bits per heavy atom. The molecule has 16 heavy (non-hydrogen) atoms. The summed E-state index contributed by atoms with van der Waals surface area (Å²) in [6, 6.07) is 6.97. The summed E-state index contributed by atoms with van der Waals surface area (Å²) in [6.07, 6.45) is 3.45. The topological polar surface area (TPSA) is 56.2 Å². The third kappa shape index (κ3) is 2.52. The van der Waals surface area contributed by atoms with Crippen LogP contribution < -0.4 is 5.73 Å². The SMILES string of the molecule is Nc1cc(Br)cc(C(=O)Cc2ccoc2)c1. The molecule has 0 fully saturated rings. The lowest BCUT2D eigenvalue weighted by molar-refractivity contribution is 0.0992. The van der Waals surface area contributed by atoms with Gasteiger partial charge in [-0.05, 0) is 29.8 Å². The highest BCUT2D eigenvalue weighted by molar-refractivity contribution is 9.10. The van der Waals surface area contributed by atoms with Gasteiger partial charge in [0.2, 0.25) is 0 Å². The largest absolute Gasteiger partial charge is 0.472 e. The van der Waals surface area contributed by atoms with Crippen LogP contribution in [0.1, 0.15) is 15.9 Å². The van der Waals surface area contributed by atoms with Gasteiger partial charge in [0.1, 0.15) is 0 Å². The Balaban J connectivity index is 2.21. The summed E-state index contributed by atoms with van der Waals surface area (Å²) >= 11 is 3.31. The maximum Gasteiger partial charge on any atom is 0.167 e. The molecule has 2 N–H and O–H groups in total. The summed E-state index contributed by atoms with van der Waals surface area (Å²) in [5.74, 6) is 0.0226. The molecular weight excluding hydrogens is 270 g/mol. The molecule has 0 saturated heterocycles.